The molecule has 0 saturated carbocycles. The fraction of sp³-hybridized carbons (Fsp3) is 0.714. The molecule has 1 aromatic heterocycles. The highest BCUT2D eigenvalue weighted by atomic mass is 16.1. The highest BCUT2D eigenvalue weighted by Crippen LogP contribution is 2.17. The van der Waals surface area contributed by atoms with Crippen LogP contribution in [0.3, 0.4) is 0 Å². The molecule has 3 rings (SSSR count). The molecule has 2 saturated heterocycles. The van der Waals surface area contributed by atoms with E-state index in [2.05, 4.69) is 15.3 Å². The number of hydrogen-bond donors (Lipinski definition) is 1. The SMILES string of the molecule is O=c1cc(N2CCCCC2)cnn1CC1CCNC1. The molecule has 2 aliphatic heterocycles. The molecule has 0 spiro atoms. The fourth-order valence-corrected chi connectivity index (χ4v) is 3.00. The number of anilines is 1. The van der Waals surface area contributed by atoms with Gasteiger partial charge in [0.2, 0.25) is 0 Å². The number of rotatable bonds is 3. The van der Waals surface area contributed by atoms with E-state index in [0.717, 1.165) is 44.8 Å². The molecule has 0 aromatic carbocycles. The Bertz CT molecular complexity index is 473. The van der Waals surface area contributed by atoms with E-state index in [1.807, 2.05) is 6.20 Å². The third-order valence-electron chi connectivity index (χ3n) is 4.17. The topological polar surface area (TPSA) is 50.2 Å². The first-order chi connectivity index (χ1) is 9.33. The first-order valence-corrected chi connectivity index (χ1v) is 7.36. The zero-order chi connectivity index (χ0) is 13.1. The summed E-state index contributed by atoms with van der Waals surface area (Å²) < 4.78 is 1.62. The third-order valence-corrected chi connectivity index (χ3v) is 4.17. The quantitative estimate of drug-likeness (QED) is 0.877. The van der Waals surface area contributed by atoms with E-state index in [9.17, 15) is 4.79 Å². The second-order valence-electron chi connectivity index (χ2n) is 5.64. The minimum absolute atomic E-state index is 0.0370. The van der Waals surface area contributed by atoms with Crippen molar-refractivity contribution in [1.82, 2.24) is 15.1 Å². The van der Waals surface area contributed by atoms with Gasteiger partial charge in [0.25, 0.3) is 5.56 Å². The summed E-state index contributed by atoms with van der Waals surface area (Å²) in [7, 11) is 0. The largest absolute Gasteiger partial charge is 0.370 e. The van der Waals surface area contributed by atoms with Crippen LogP contribution in [0.1, 0.15) is 25.7 Å². The summed E-state index contributed by atoms with van der Waals surface area (Å²) in [5, 5.41) is 7.68. The zero-order valence-corrected chi connectivity index (χ0v) is 11.3. The molecule has 0 bridgehead atoms. The normalized spacial score (nSPS) is 23.8. The van der Waals surface area contributed by atoms with E-state index in [0.29, 0.717) is 5.92 Å². The molecule has 104 valence electrons. The van der Waals surface area contributed by atoms with E-state index < -0.39 is 0 Å². The summed E-state index contributed by atoms with van der Waals surface area (Å²) in [6.07, 6.45) is 6.74. The van der Waals surface area contributed by atoms with Gasteiger partial charge in [0.15, 0.2) is 0 Å². The molecule has 3 heterocycles. The van der Waals surface area contributed by atoms with Crippen LogP contribution in [-0.4, -0.2) is 36.0 Å². The van der Waals surface area contributed by atoms with Crippen LogP contribution in [0.5, 0.6) is 0 Å². The summed E-state index contributed by atoms with van der Waals surface area (Å²) in [4.78, 5) is 14.4. The van der Waals surface area contributed by atoms with E-state index in [1.165, 1.54) is 19.3 Å². The molecule has 0 radical (unpaired) electrons. The van der Waals surface area contributed by atoms with Gasteiger partial charge in [-0.25, -0.2) is 4.68 Å². The van der Waals surface area contributed by atoms with E-state index >= 15 is 0 Å². The van der Waals surface area contributed by atoms with Crippen LogP contribution in [0.25, 0.3) is 0 Å². The summed E-state index contributed by atoms with van der Waals surface area (Å²) in [6, 6.07) is 1.75. The molecule has 1 aromatic rings. The van der Waals surface area contributed by atoms with E-state index in [4.69, 9.17) is 0 Å². The molecule has 1 N–H and O–H groups in total. The van der Waals surface area contributed by atoms with Crippen molar-refractivity contribution in [1.29, 1.82) is 0 Å². The van der Waals surface area contributed by atoms with Crippen LogP contribution < -0.4 is 15.8 Å². The van der Waals surface area contributed by atoms with Crippen LogP contribution in [0, 0.1) is 5.92 Å². The van der Waals surface area contributed by atoms with Crippen molar-refractivity contribution < 1.29 is 0 Å². The number of hydrogen-bond acceptors (Lipinski definition) is 4. The molecule has 2 aliphatic rings. The zero-order valence-electron chi connectivity index (χ0n) is 11.3. The van der Waals surface area contributed by atoms with Crippen molar-refractivity contribution in [2.45, 2.75) is 32.2 Å². The first kappa shape index (κ1) is 12.7. The van der Waals surface area contributed by atoms with Crippen LogP contribution in [0.4, 0.5) is 5.69 Å². The molecule has 5 heteroatoms. The maximum Gasteiger partial charge on any atom is 0.268 e. The number of nitrogens with zero attached hydrogens (tertiary/aromatic N) is 3. The fourth-order valence-electron chi connectivity index (χ4n) is 3.00. The average Bonchev–Trinajstić information content (AvgIpc) is 2.95. The summed E-state index contributed by atoms with van der Waals surface area (Å²) in [5.74, 6) is 0.547. The van der Waals surface area contributed by atoms with Crippen molar-refractivity contribution in [2.75, 3.05) is 31.1 Å². The van der Waals surface area contributed by atoms with Crippen molar-refractivity contribution in [3.05, 3.63) is 22.6 Å². The predicted molar refractivity (Wildman–Crippen MR) is 75.5 cm³/mol. The summed E-state index contributed by atoms with van der Waals surface area (Å²) >= 11 is 0. The lowest BCUT2D eigenvalue weighted by Crippen LogP contribution is -2.33. The van der Waals surface area contributed by atoms with Gasteiger partial charge >= 0.3 is 0 Å². The monoisotopic (exact) mass is 262 g/mol. The Morgan fingerprint density at radius 1 is 1.32 bits per heavy atom. The molecule has 1 unspecified atom stereocenters. The molecule has 19 heavy (non-hydrogen) atoms. The molecule has 5 nitrogen and oxygen atoms in total. The maximum atomic E-state index is 12.1. The second-order valence-corrected chi connectivity index (χ2v) is 5.64. The van der Waals surface area contributed by atoms with E-state index in [-0.39, 0.29) is 5.56 Å². The minimum Gasteiger partial charge on any atom is -0.370 e. The molecule has 0 amide bonds. The van der Waals surface area contributed by atoms with Crippen molar-refractivity contribution in [3.8, 4) is 0 Å². The maximum absolute atomic E-state index is 12.1. The van der Waals surface area contributed by atoms with Gasteiger partial charge in [-0.3, -0.25) is 4.79 Å². The lowest BCUT2D eigenvalue weighted by atomic mass is 10.1. The minimum atomic E-state index is 0.0370. The lowest BCUT2D eigenvalue weighted by Gasteiger charge is -2.28. The van der Waals surface area contributed by atoms with Gasteiger partial charge in [0.05, 0.1) is 11.9 Å². The Kier molecular flexibility index (Phi) is 3.82. The van der Waals surface area contributed by atoms with Gasteiger partial charge < -0.3 is 10.2 Å². The van der Waals surface area contributed by atoms with Gasteiger partial charge in [0.1, 0.15) is 0 Å². The molecular formula is C14H22N4O. The van der Waals surface area contributed by atoms with Gasteiger partial charge in [-0.15, -0.1) is 0 Å². The lowest BCUT2D eigenvalue weighted by molar-refractivity contribution is 0.433. The number of nitrogens with one attached hydrogen (secondary N) is 1. The van der Waals surface area contributed by atoms with Crippen LogP contribution >= 0.6 is 0 Å². The van der Waals surface area contributed by atoms with Gasteiger partial charge in [-0.2, -0.15) is 5.10 Å². The first-order valence-electron chi connectivity index (χ1n) is 7.36. The molecule has 2 fully saturated rings. The average molecular weight is 262 g/mol. The Labute approximate surface area is 113 Å². The highest BCUT2D eigenvalue weighted by molar-refractivity contribution is 5.43. The second kappa shape index (κ2) is 5.74. The number of aromatic nitrogens is 2. The summed E-state index contributed by atoms with van der Waals surface area (Å²) in [6.45, 7) is 4.91. The van der Waals surface area contributed by atoms with Gasteiger partial charge in [-0.05, 0) is 44.7 Å². The standard InChI is InChI=1S/C14H22N4O/c19-14-8-13(17-6-2-1-3-7-17)10-16-18(14)11-12-4-5-15-9-12/h8,10,12,15H,1-7,9,11H2. The van der Waals surface area contributed by atoms with Crippen molar-refractivity contribution in [2.24, 2.45) is 5.92 Å². The highest BCUT2D eigenvalue weighted by Gasteiger charge is 2.17. The van der Waals surface area contributed by atoms with Gasteiger partial charge in [-0.1, -0.05) is 0 Å². The van der Waals surface area contributed by atoms with Crippen LogP contribution in [-0.2, 0) is 6.54 Å². The van der Waals surface area contributed by atoms with E-state index in [1.54, 1.807) is 10.7 Å². The predicted octanol–water partition coefficient (Wildman–Crippen LogP) is 0.843. The van der Waals surface area contributed by atoms with Crippen LogP contribution in [0.15, 0.2) is 17.1 Å². The third kappa shape index (κ3) is 2.97. The summed E-state index contributed by atoms with van der Waals surface area (Å²) in [5.41, 5.74) is 1.03. The molecule has 0 aliphatic carbocycles. The van der Waals surface area contributed by atoms with Crippen molar-refractivity contribution in [3.63, 3.8) is 0 Å². The Balaban J connectivity index is 1.71. The number of piperidine rings is 1. The molecular weight excluding hydrogens is 240 g/mol. The Morgan fingerprint density at radius 3 is 2.84 bits per heavy atom. The Morgan fingerprint density at radius 2 is 2.16 bits per heavy atom. The smallest absolute Gasteiger partial charge is 0.268 e. The van der Waals surface area contributed by atoms with Crippen molar-refractivity contribution >= 4 is 5.69 Å². The van der Waals surface area contributed by atoms with Gasteiger partial charge in [0, 0.05) is 25.7 Å². The Hall–Kier alpha value is -1.36. The molecule has 1 atom stereocenters. The van der Waals surface area contributed by atoms with Crippen LogP contribution in [0.2, 0.25) is 0 Å².